The number of fused-ring (bicyclic) bond motifs is 1. The summed E-state index contributed by atoms with van der Waals surface area (Å²) in [5, 5.41) is 3.04. The van der Waals surface area contributed by atoms with E-state index in [9.17, 15) is 9.59 Å². The van der Waals surface area contributed by atoms with E-state index in [0.717, 1.165) is 44.5 Å². The predicted molar refractivity (Wildman–Crippen MR) is 121 cm³/mol. The van der Waals surface area contributed by atoms with E-state index < -0.39 is 0 Å². The first-order valence-electron chi connectivity index (χ1n) is 10.9. The highest BCUT2D eigenvalue weighted by Gasteiger charge is 2.29. The van der Waals surface area contributed by atoms with Crippen LogP contribution in [0.2, 0.25) is 0 Å². The molecule has 1 aliphatic heterocycles. The van der Waals surface area contributed by atoms with E-state index in [0.29, 0.717) is 23.6 Å². The molecule has 0 aliphatic carbocycles. The van der Waals surface area contributed by atoms with Gasteiger partial charge in [-0.15, -0.1) is 0 Å². The molecule has 0 unspecified atom stereocenters. The molecule has 4 rings (SSSR count). The average Bonchev–Trinajstić information content (AvgIpc) is 3.22. The molecule has 0 fully saturated rings. The first-order chi connectivity index (χ1) is 15.1. The van der Waals surface area contributed by atoms with Crippen LogP contribution in [-0.4, -0.2) is 35.0 Å². The monoisotopic (exact) mass is 416 g/mol. The van der Waals surface area contributed by atoms with E-state index in [2.05, 4.69) is 17.4 Å². The molecule has 0 saturated heterocycles. The van der Waals surface area contributed by atoms with Crippen LogP contribution in [0.4, 0.5) is 5.82 Å². The molecule has 0 atom stereocenters. The van der Waals surface area contributed by atoms with Crippen LogP contribution in [0.3, 0.4) is 0 Å². The maximum atomic E-state index is 13.2. The fraction of sp³-hybridized carbons (Fsp3) is 0.320. The van der Waals surface area contributed by atoms with Gasteiger partial charge in [0.05, 0.1) is 0 Å². The predicted octanol–water partition coefficient (Wildman–Crippen LogP) is 3.86. The summed E-state index contributed by atoms with van der Waals surface area (Å²) >= 11 is 0. The second-order valence-electron chi connectivity index (χ2n) is 7.88. The number of rotatable bonds is 7. The van der Waals surface area contributed by atoms with Crippen LogP contribution in [0, 0.1) is 0 Å². The Bertz CT molecular complexity index is 1040. The molecule has 0 saturated carbocycles. The van der Waals surface area contributed by atoms with E-state index in [4.69, 9.17) is 4.98 Å². The zero-order valence-corrected chi connectivity index (χ0v) is 17.9. The van der Waals surface area contributed by atoms with Crippen molar-refractivity contribution in [2.45, 2.75) is 38.6 Å². The minimum Gasteiger partial charge on any atom is -0.351 e. The molecular weight excluding hydrogens is 388 g/mol. The summed E-state index contributed by atoms with van der Waals surface area (Å²) in [5.74, 6) is 0.973. The van der Waals surface area contributed by atoms with Crippen LogP contribution in [0.1, 0.15) is 51.5 Å². The lowest BCUT2D eigenvalue weighted by Gasteiger charge is -2.19. The maximum Gasteiger partial charge on any atom is 0.271 e. The van der Waals surface area contributed by atoms with Gasteiger partial charge in [0.25, 0.3) is 11.8 Å². The molecule has 2 amide bonds. The lowest BCUT2D eigenvalue weighted by molar-refractivity contribution is 0.0943. The van der Waals surface area contributed by atoms with Crippen molar-refractivity contribution in [3.8, 4) is 0 Å². The molecule has 6 heteroatoms. The van der Waals surface area contributed by atoms with E-state index in [1.165, 1.54) is 10.5 Å². The van der Waals surface area contributed by atoms with Crippen LogP contribution < -0.4 is 10.2 Å². The maximum absolute atomic E-state index is 13.2. The van der Waals surface area contributed by atoms with Gasteiger partial charge in [0.2, 0.25) is 0 Å². The number of anilines is 1. The number of imidazole rings is 1. The minimum atomic E-state index is -0.172. The standard InChI is InChI=1S/C25H28N4O2/c1-28(25(31)20-14-6-3-7-15-20)23-22(29-18-9-8-16-21(29)27-23)24(30)26-17-10-13-19-11-4-2-5-12-19/h2-7,11-12,14-15H,8-10,13,16-18H2,1H3,(H,26,30). The normalized spacial score (nSPS) is 12.8. The number of nitrogens with zero attached hydrogens (tertiary/aromatic N) is 3. The third-order valence-electron chi connectivity index (χ3n) is 5.69. The highest BCUT2D eigenvalue weighted by molar-refractivity contribution is 6.09. The molecule has 0 spiro atoms. The van der Waals surface area contributed by atoms with Crippen LogP contribution in [0.15, 0.2) is 60.7 Å². The Morgan fingerprint density at radius 1 is 1.03 bits per heavy atom. The topological polar surface area (TPSA) is 67.2 Å². The van der Waals surface area contributed by atoms with Gasteiger partial charge in [0, 0.05) is 32.1 Å². The lowest BCUT2D eigenvalue weighted by Crippen LogP contribution is -2.32. The van der Waals surface area contributed by atoms with Gasteiger partial charge in [-0.1, -0.05) is 48.5 Å². The number of carbonyl (C=O) groups is 2. The van der Waals surface area contributed by atoms with Crippen LogP contribution in [0.25, 0.3) is 0 Å². The Labute approximate surface area is 182 Å². The third-order valence-corrected chi connectivity index (χ3v) is 5.69. The molecule has 160 valence electrons. The molecule has 0 bridgehead atoms. The second kappa shape index (κ2) is 9.60. The van der Waals surface area contributed by atoms with Crippen molar-refractivity contribution < 1.29 is 9.59 Å². The Balaban J connectivity index is 1.51. The summed E-state index contributed by atoms with van der Waals surface area (Å²) in [7, 11) is 1.69. The Morgan fingerprint density at radius 2 is 1.74 bits per heavy atom. The zero-order valence-electron chi connectivity index (χ0n) is 17.9. The number of nitrogens with one attached hydrogen (secondary N) is 1. The van der Waals surface area contributed by atoms with Gasteiger partial charge in [-0.3, -0.25) is 14.5 Å². The molecule has 2 heterocycles. The van der Waals surface area contributed by atoms with Crippen LogP contribution in [0.5, 0.6) is 0 Å². The number of aromatic nitrogens is 2. The number of carbonyl (C=O) groups excluding carboxylic acids is 2. The van der Waals surface area contributed by atoms with E-state index in [-0.39, 0.29) is 11.8 Å². The summed E-state index contributed by atoms with van der Waals surface area (Å²) in [6.45, 7) is 1.33. The molecule has 1 N–H and O–H groups in total. The minimum absolute atomic E-state index is 0.170. The van der Waals surface area contributed by atoms with Gasteiger partial charge in [-0.05, 0) is 43.4 Å². The molecule has 1 aromatic heterocycles. The molecule has 2 aromatic carbocycles. The van der Waals surface area contributed by atoms with Crippen LogP contribution >= 0.6 is 0 Å². The van der Waals surface area contributed by atoms with E-state index in [1.54, 1.807) is 19.2 Å². The fourth-order valence-electron chi connectivity index (χ4n) is 4.02. The van der Waals surface area contributed by atoms with Crippen molar-refractivity contribution in [1.29, 1.82) is 0 Å². The van der Waals surface area contributed by atoms with Crippen molar-refractivity contribution in [1.82, 2.24) is 14.9 Å². The van der Waals surface area contributed by atoms with Crippen LogP contribution in [-0.2, 0) is 19.4 Å². The van der Waals surface area contributed by atoms with Gasteiger partial charge in [-0.25, -0.2) is 4.98 Å². The Hall–Kier alpha value is -3.41. The Morgan fingerprint density at radius 3 is 2.48 bits per heavy atom. The van der Waals surface area contributed by atoms with Crippen molar-refractivity contribution in [2.24, 2.45) is 0 Å². The van der Waals surface area contributed by atoms with E-state index >= 15 is 0 Å². The first-order valence-corrected chi connectivity index (χ1v) is 10.9. The molecule has 6 nitrogen and oxygen atoms in total. The lowest BCUT2D eigenvalue weighted by atomic mass is 10.1. The summed E-state index contributed by atoms with van der Waals surface area (Å²) in [5.41, 5.74) is 2.32. The Kier molecular flexibility index (Phi) is 6.46. The smallest absolute Gasteiger partial charge is 0.271 e. The highest BCUT2D eigenvalue weighted by atomic mass is 16.2. The summed E-state index contributed by atoms with van der Waals surface area (Å²) in [6.07, 6.45) is 4.63. The van der Waals surface area contributed by atoms with Gasteiger partial charge < -0.3 is 9.88 Å². The van der Waals surface area contributed by atoms with Crippen molar-refractivity contribution in [3.05, 3.63) is 83.3 Å². The first kappa shape index (κ1) is 20.8. The molecular formula is C25H28N4O2. The molecule has 1 aliphatic rings. The van der Waals surface area contributed by atoms with Gasteiger partial charge in [0.15, 0.2) is 11.5 Å². The molecule has 3 aromatic rings. The van der Waals surface area contributed by atoms with Crippen molar-refractivity contribution >= 4 is 17.6 Å². The molecule has 0 radical (unpaired) electrons. The number of hydrogen-bond donors (Lipinski definition) is 1. The third kappa shape index (κ3) is 4.68. The van der Waals surface area contributed by atoms with Gasteiger partial charge >= 0.3 is 0 Å². The number of aryl methyl sites for hydroxylation is 2. The molecule has 31 heavy (non-hydrogen) atoms. The number of hydrogen-bond acceptors (Lipinski definition) is 3. The quantitative estimate of drug-likeness (QED) is 0.595. The zero-order chi connectivity index (χ0) is 21.6. The van der Waals surface area contributed by atoms with Crippen molar-refractivity contribution in [3.63, 3.8) is 0 Å². The van der Waals surface area contributed by atoms with Crippen molar-refractivity contribution in [2.75, 3.05) is 18.5 Å². The second-order valence-corrected chi connectivity index (χ2v) is 7.88. The summed E-state index contributed by atoms with van der Waals surface area (Å²) < 4.78 is 1.99. The number of benzene rings is 2. The van der Waals surface area contributed by atoms with Gasteiger partial charge in [-0.2, -0.15) is 0 Å². The average molecular weight is 417 g/mol. The fourth-order valence-corrected chi connectivity index (χ4v) is 4.02. The SMILES string of the molecule is CN(C(=O)c1ccccc1)c1nc2n(c1C(=O)NCCCc1ccccc1)CCCC2. The van der Waals surface area contributed by atoms with E-state index in [1.807, 2.05) is 41.0 Å². The summed E-state index contributed by atoms with van der Waals surface area (Å²) in [6, 6.07) is 19.3. The number of amides is 2. The summed E-state index contributed by atoms with van der Waals surface area (Å²) in [4.78, 5) is 32.4. The highest BCUT2D eigenvalue weighted by Crippen LogP contribution is 2.26. The largest absolute Gasteiger partial charge is 0.351 e. The van der Waals surface area contributed by atoms with Gasteiger partial charge in [0.1, 0.15) is 5.82 Å².